The number of piperidine rings is 1. The predicted octanol–water partition coefficient (Wildman–Crippen LogP) is 2.01. The summed E-state index contributed by atoms with van der Waals surface area (Å²) >= 11 is 0. The van der Waals surface area contributed by atoms with Crippen LogP contribution in [0.1, 0.15) is 18.9 Å². The van der Waals surface area contributed by atoms with E-state index in [9.17, 15) is 8.78 Å². The molecule has 1 aliphatic rings. The van der Waals surface area contributed by atoms with E-state index in [0.29, 0.717) is 19.0 Å². The Bertz CT molecular complexity index is 472. The van der Waals surface area contributed by atoms with Crippen LogP contribution >= 0.6 is 0 Å². The molecule has 1 aliphatic heterocycles. The molecule has 3 nitrogen and oxygen atoms in total. The summed E-state index contributed by atoms with van der Waals surface area (Å²) in [4.78, 5) is 1.62. The van der Waals surface area contributed by atoms with Crippen LogP contribution in [0.2, 0.25) is 0 Å². The van der Waals surface area contributed by atoms with Crippen molar-refractivity contribution in [3.63, 3.8) is 0 Å². The molecule has 0 amide bonds. The molecule has 0 spiro atoms. The fourth-order valence-corrected chi connectivity index (χ4v) is 2.23. The molecular formula is C13H15F2N3. The van der Waals surface area contributed by atoms with Crippen LogP contribution in [0.25, 0.3) is 0 Å². The van der Waals surface area contributed by atoms with Gasteiger partial charge in [-0.05, 0) is 24.5 Å². The fraction of sp³-hybridized carbons (Fsp3) is 0.462. The largest absolute Gasteiger partial charge is 0.365 e. The van der Waals surface area contributed by atoms with Gasteiger partial charge in [-0.3, -0.25) is 0 Å². The summed E-state index contributed by atoms with van der Waals surface area (Å²) in [6.07, 6.45) is 0.806. The summed E-state index contributed by atoms with van der Waals surface area (Å²) < 4.78 is 27.7. The van der Waals surface area contributed by atoms with Gasteiger partial charge in [0, 0.05) is 19.1 Å². The highest BCUT2D eigenvalue weighted by Gasteiger charge is 2.27. The molecule has 0 bridgehead atoms. The molecule has 5 heteroatoms. The smallest absolute Gasteiger partial charge is 0.150 e. The minimum atomic E-state index is -0.701. The molecule has 2 atom stereocenters. The molecule has 1 heterocycles. The Labute approximate surface area is 105 Å². The van der Waals surface area contributed by atoms with Gasteiger partial charge < -0.3 is 10.6 Å². The Morgan fingerprint density at radius 3 is 2.50 bits per heavy atom. The number of nitrogens with two attached hydrogens (primary N) is 1. The van der Waals surface area contributed by atoms with Gasteiger partial charge in [0.2, 0.25) is 0 Å². The Kier molecular flexibility index (Phi) is 3.48. The Hall–Kier alpha value is -1.67. The molecule has 1 aromatic carbocycles. The van der Waals surface area contributed by atoms with Crippen molar-refractivity contribution < 1.29 is 8.78 Å². The Morgan fingerprint density at radius 1 is 1.39 bits per heavy atom. The maximum atomic E-state index is 13.8. The molecule has 0 radical (unpaired) electrons. The van der Waals surface area contributed by atoms with Crippen LogP contribution in [-0.4, -0.2) is 19.1 Å². The first-order valence-electron chi connectivity index (χ1n) is 5.92. The van der Waals surface area contributed by atoms with Crippen molar-refractivity contribution in [2.24, 2.45) is 11.7 Å². The molecule has 1 fully saturated rings. The van der Waals surface area contributed by atoms with Crippen LogP contribution in [0, 0.1) is 28.9 Å². The van der Waals surface area contributed by atoms with Crippen molar-refractivity contribution >= 4 is 5.69 Å². The molecular weight excluding hydrogens is 236 g/mol. The van der Waals surface area contributed by atoms with Crippen LogP contribution in [0.15, 0.2) is 12.1 Å². The predicted molar refractivity (Wildman–Crippen MR) is 65.0 cm³/mol. The monoisotopic (exact) mass is 251 g/mol. The van der Waals surface area contributed by atoms with Crippen molar-refractivity contribution in [2.75, 3.05) is 18.0 Å². The second kappa shape index (κ2) is 4.91. The lowest BCUT2D eigenvalue weighted by Gasteiger charge is -2.36. The molecule has 2 unspecified atom stereocenters. The van der Waals surface area contributed by atoms with Gasteiger partial charge in [0.15, 0.2) is 11.6 Å². The maximum absolute atomic E-state index is 13.8. The summed E-state index contributed by atoms with van der Waals surface area (Å²) in [5.74, 6) is -1.05. The fourth-order valence-electron chi connectivity index (χ4n) is 2.23. The van der Waals surface area contributed by atoms with Gasteiger partial charge in [0.25, 0.3) is 0 Å². The minimum absolute atomic E-state index is 0.0107. The van der Waals surface area contributed by atoms with Gasteiger partial charge in [-0.15, -0.1) is 0 Å². The van der Waals surface area contributed by atoms with Crippen LogP contribution in [0.3, 0.4) is 0 Å². The number of benzene rings is 1. The lowest BCUT2D eigenvalue weighted by atomic mass is 9.94. The first kappa shape index (κ1) is 12.8. The number of rotatable bonds is 1. The molecule has 2 rings (SSSR count). The van der Waals surface area contributed by atoms with Gasteiger partial charge in [-0.25, -0.2) is 8.78 Å². The highest BCUT2D eigenvalue weighted by atomic mass is 19.1. The minimum Gasteiger partial charge on any atom is -0.365 e. The second-order valence-corrected chi connectivity index (χ2v) is 4.78. The van der Waals surface area contributed by atoms with Crippen molar-refractivity contribution in [3.8, 4) is 6.07 Å². The number of nitriles is 1. The number of nitrogens with zero attached hydrogens (tertiary/aromatic N) is 2. The third-order valence-corrected chi connectivity index (χ3v) is 3.48. The quantitative estimate of drug-likeness (QED) is 0.830. The van der Waals surface area contributed by atoms with Crippen LogP contribution in [0.4, 0.5) is 14.5 Å². The third kappa shape index (κ3) is 2.29. The third-order valence-electron chi connectivity index (χ3n) is 3.48. The van der Waals surface area contributed by atoms with Gasteiger partial charge in [-0.2, -0.15) is 5.26 Å². The van der Waals surface area contributed by atoms with Gasteiger partial charge in [-0.1, -0.05) is 6.92 Å². The second-order valence-electron chi connectivity index (χ2n) is 4.78. The van der Waals surface area contributed by atoms with Crippen molar-refractivity contribution in [1.82, 2.24) is 0 Å². The molecule has 1 aromatic rings. The maximum Gasteiger partial charge on any atom is 0.150 e. The molecule has 96 valence electrons. The lowest BCUT2D eigenvalue weighted by molar-refractivity contribution is 0.374. The molecule has 0 aromatic heterocycles. The molecule has 0 aliphatic carbocycles. The summed E-state index contributed by atoms with van der Waals surface area (Å²) in [5, 5.41) is 8.65. The summed E-state index contributed by atoms with van der Waals surface area (Å²) in [6, 6.07) is 3.76. The van der Waals surface area contributed by atoms with E-state index in [1.807, 2.05) is 6.92 Å². The molecule has 1 saturated heterocycles. The number of halogens is 2. The summed E-state index contributed by atoms with van der Waals surface area (Å²) in [7, 11) is 0. The first-order chi connectivity index (χ1) is 8.52. The van der Waals surface area contributed by atoms with Crippen molar-refractivity contribution in [1.29, 1.82) is 5.26 Å². The topological polar surface area (TPSA) is 53.0 Å². The summed E-state index contributed by atoms with van der Waals surface area (Å²) in [5.41, 5.74) is 5.84. The zero-order chi connectivity index (χ0) is 13.3. The van der Waals surface area contributed by atoms with Crippen molar-refractivity contribution in [3.05, 3.63) is 29.3 Å². The van der Waals surface area contributed by atoms with Crippen LogP contribution in [0.5, 0.6) is 0 Å². The number of hydrogen-bond acceptors (Lipinski definition) is 3. The van der Waals surface area contributed by atoms with Crippen LogP contribution < -0.4 is 10.6 Å². The SMILES string of the molecule is CC1CCN(c2c(F)cc(C#N)cc2F)CC1N. The molecule has 2 N–H and O–H groups in total. The number of anilines is 1. The Balaban J connectivity index is 2.32. The zero-order valence-corrected chi connectivity index (χ0v) is 10.2. The average molecular weight is 251 g/mol. The highest BCUT2D eigenvalue weighted by molar-refractivity contribution is 5.53. The highest BCUT2D eigenvalue weighted by Crippen LogP contribution is 2.28. The van der Waals surface area contributed by atoms with E-state index in [1.165, 1.54) is 0 Å². The standard InChI is InChI=1S/C13H15F2N3/c1-8-2-3-18(7-12(8)17)13-10(14)4-9(6-16)5-11(13)15/h4-5,8,12H,2-3,7,17H2,1H3. The van der Waals surface area contributed by atoms with E-state index in [2.05, 4.69) is 0 Å². The lowest BCUT2D eigenvalue weighted by Crippen LogP contribution is -2.48. The van der Waals surface area contributed by atoms with Gasteiger partial charge in [0.05, 0.1) is 11.6 Å². The molecule has 0 saturated carbocycles. The van der Waals surface area contributed by atoms with E-state index < -0.39 is 11.6 Å². The molecule has 18 heavy (non-hydrogen) atoms. The average Bonchev–Trinajstić information content (AvgIpc) is 2.32. The van der Waals surface area contributed by atoms with Crippen molar-refractivity contribution in [2.45, 2.75) is 19.4 Å². The number of hydrogen-bond donors (Lipinski definition) is 1. The normalized spacial score (nSPS) is 23.8. The van der Waals surface area contributed by atoms with Crippen LogP contribution in [-0.2, 0) is 0 Å². The van der Waals surface area contributed by atoms with E-state index in [1.54, 1.807) is 11.0 Å². The summed E-state index contributed by atoms with van der Waals surface area (Å²) in [6.45, 7) is 3.04. The van der Waals surface area contributed by atoms with E-state index in [-0.39, 0.29) is 17.3 Å². The van der Waals surface area contributed by atoms with E-state index in [0.717, 1.165) is 18.6 Å². The van der Waals surface area contributed by atoms with E-state index in [4.69, 9.17) is 11.0 Å². The van der Waals surface area contributed by atoms with Gasteiger partial charge in [0.1, 0.15) is 5.69 Å². The Morgan fingerprint density at radius 2 is 2.00 bits per heavy atom. The zero-order valence-electron chi connectivity index (χ0n) is 10.2. The van der Waals surface area contributed by atoms with E-state index >= 15 is 0 Å². The first-order valence-corrected chi connectivity index (χ1v) is 5.92. The van der Waals surface area contributed by atoms with Gasteiger partial charge >= 0.3 is 0 Å².